The molecule has 0 saturated heterocycles. The fourth-order valence-corrected chi connectivity index (χ4v) is 3.43. The molecular weight excluding hydrogens is 326 g/mol. The van der Waals surface area contributed by atoms with Gasteiger partial charge >= 0.3 is 6.03 Å². The third kappa shape index (κ3) is 3.72. The van der Waals surface area contributed by atoms with Crippen LogP contribution in [0.25, 0.3) is 0 Å². The Kier molecular flexibility index (Phi) is 4.37. The molecule has 4 rings (SSSR count). The standard InChI is InChI=1S/C21H23N3O2/c1-14-3-2-4-18(11-14)22-21(26)23-19-8-7-15-9-10-24(13-17(15)12-19)20(25)16-5-6-16/h2-4,7-8,11-12,16H,5-6,9-10,13H2,1H3,(H2,22,23,26). The van der Waals surface area contributed by atoms with Gasteiger partial charge in [0.1, 0.15) is 0 Å². The lowest BCUT2D eigenvalue weighted by Crippen LogP contribution is -2.36. The van der Waals surface area contributed by atoms with E-state index >= 15 is 0 Å². The molecule has 1 saturated carbocycles. The third-order valence-electron chi connectivity index (χ3n) is 4.99. The summed E-state index contributed by atoms with van der Waals surface area (Å²) in [6.07, 6.45) is 2.94. The zero-order valence-electron chi connectivity index (χ0n) is 14.9. The summed E-state index contributed by atoms with van der Waals surface area (Å²) in [6, 6.07) is 13.4. The van der Waals surface area contributed by atoms with E-state index in [4.69, 9.17) is 0 Å². The van der Waals surface area contributed by atoms with Gasteiger partial charge in [0.15, 0.2) is 0 Å². The summed E-state index contributed by atoms with van der Waals surface area (Å²) in [4.78, 5) is 26.5. The summed E-state index contributed by atoms with van der Waals surface area (Å²) in [5.74, 6) is 0.532. The van der Waals surface area contributed by atoms with Crippen molar-refractivity contribution in [1.82, 2.24) is 4.90 Å². The van der Waals surface area contributed by atoms with Crippen molar-refractivity contribution in [2.24, 2.45) is 5.92 Å². The van der Waals surface area contributed by atoms with E-state index in [9.17, 15) is 9.59 Å². The third-order valence-corrected chi connectivity index (χ3v) is 4.99. The molecule has 2 aromatic rings. The number of nitrogens with zero attached hydrogens (tertiary/aromatic N) is 1. The molecule has 1 fully saturated rings. The largest absolute Gasteiger partial charge is 0.338 e. The highest BCUT2D eigenvalue weighted by Gasteiger charge is 2.34. The predicted molar refractivity (Wildman–Crippen MR) is 102 cm³/mol. The van der Waals surface area contributed by atoms with Gasteiger partial charge in [0, 0.05) is 30.4 Å². The van der Waals surface area contributed by atoms with Crippen molar-refractivity contribution in [3.8, 4) is 0 Å². The quantitative estimate of drug-likeness (QED) is 0.882. The monoisotopic (exact) mass is 349 g/mol. The Morgan fingerprint density at radius 3 is 2.50 bits per heavy atom. The van der Waals surface area contributed by atoms with Gasteiger partial charge in [-0.3, -0.25) is 4.79 Å². The van der Waals surface area contributed by atoms with Crippen LogP contribution in [0.1, 0.15) is 29.5 Å². The second kappa shape index (κ2) is 6.83. The molecule has 5 heteroatoms. The zero-order valence-corrected chi connectivity index (χ0v) is 14.9. The van der Waals surface area contributed by atoms with Gasteiger partial charge in [-0.2, -0.15) is 0 Å². The van der Waals surface area contributed by atoms with Crippen molar-refractivity contribution in [3.05, 3.63) is 59.2 Å². The van der Waals surface area contributed by atoms with Crippen LogP contribution in [0, 0.1) is 12.8 Å². The Morgan fingerprint density at radius 2 is 1.77 bits per heavy atom. The first-order valence-corrected chi connectivity index (χ1v) is 9.14. The van der Waals surface area contributed by atoms with Crippen LogP contribution in [0.4, 0.5) is 16.2 Å². The topological polar surface area (TPSA) is 61.4 Å². The van der Waals surface area contributed by atoms with Crippen LogP contribution >= 0.6 is 0 Å². The number of nitrogens with one attached hydrogen (secondary N) is 2. The van der Waals surface area contributed by atoms with Crippen LogP contribution in [0.2, 0.25) is 0 Å². The fraction of sp³-hybridized carbons (Fsp3) is 0.333. The van der Waals surface area contributed by atoms with Crippen molar-refractivity contribution in [2.75, 3.05) is 17.2 Å². The Morgan fingerprint density at radius 1 is 1.00 bits per heavy atom. The number of benzene rings is 2. The van der Waals surface area contributed by atoms with Gasteiger partial charge in [0.2, 0.25) is 5.91 Å². The molecule has 3 amide bonds. The zero-order chi connectivity index (χ0) is 18.1. The van der Waals surface area contributed by atoms with Crippen LogP contribution in [0.15, 0.2) is 42.5 Å². The molecule has 1 aliphatic carbocycles. The van der Waals surface area contributed by atoms with Gasteiger partial charge in [-0.25, -0.2) is 4.79 Å². The lowest BCUT2D eigenvalue weighted by Gasteiger charge is -2.29. The van der Waals surface area contributed by atoms with Crippen molar-refractivity contribution in [2.45, 2.75) is 32.7 Å². The summed E-state index contributed by atoms with van der Waals surface area (Å²) in [5.41, 5.74) is 4.99. The van der Waals surface area contributed by atoms with E-state index in [1.165, 1.54) is 5.56 Å². The maximum absolute atomic E-state index is 12.3. The highest BCUT2D eigenvalue weighted by atomic mass is 16.2. The highest BCUT2D eigenvalue weighted by Crippen LogP contribution is 2.33. The molecule has 0 atom stereocenters. The van der Waals surface area contributed by atoms with Gasteiger partial charge in [-0.05, 0) is 67.1 Å². The molecule has 0 unspecified atom stereocenters. The lowest BCUT2D eigenvalue weighted by molar-refractivity contribution is -0.133. The molecule has 2 N–H and O–H groups in total. The maximum Gasteiger partial charge on any atom is 0.323 e. The number of urea groups is 1. The van der Waals surface area contributed by atoms with E-state index in [0.29, 0.717) is 6.54 Å². The molecule has 1 heterocycles. The minimum atomic E-state index is -0.266. The van der Waals surface area contributed by atoms with Gasteiger partial charge in [0.05, 0.1) is 0 Å². The van der Waals surface area contributed by atoms with E-state index in [0.717, 1.165) is 48.3 Å². The molecule has 1 aliphatic heterocycles. The smallest absolute Gasteiger partial charge is 0.323 e. The minimum Gasteiger partial charge on any atom is -0.338 e. The van der Waals surface area contributed by atoms with Crippen molar-refractivity contribution < 1.29 is 9.59 Å². The number of hydrogen-bond acceptors (Lipinski definition) is 2. The fourth-order valence-electron chi connectivity index (χ4n) is 3.43. The van der Waals surface area contributed by atoms with Gasteiger partial charge in [0.25, 0.3) is 0 Å². The number of carbonyl (C=O) groups excluding carboxylic acids is 2. The summed E-state index contributed by atoms with van der Waals surface area (Å²) < 4.78 is 0. The molecule has 0 spiro atoms. The van der Waals surface area contributed by atoms with Gasteiger partial charge < -0.3 is 15.5 Å². The van der Waals surface area contributed by atoms with E-state index in [-0.39, 0.29) is 17.9 Å². The second-order valence-electron chi connectivity index (χ2n) is 7.22. The number of rotatable bonds is 3. The average molecular weight is 349 g/mol. The van der Waals surface area contributed by atoms with Crippen LogP contribution in [-0.4, -0.2) is 23.4 Å². The number of fused-ring (bicyclic) bond motifs is 1. The Balaban J connectivity index is 1.42. The minimum absolute atomic E-state index is 0.248. The highest BCUT2D eigenvalue weighted by molar-refractivity contribution is 5.99. The summed E-state index contributed by atoms with van der Waals surface area (Å²) in [7, 11) is 0. The van der Waals surface area contributed by atoms with Crippen molar-refractivity contribution in [3.63, 3.8) is 0 Å². The summed E-state index contributed by atoms with van der Waals surface area (Å²) >= 11 is 0. The lowest BCUT2D eigenvalue weighted by atomic mass is 9.98. The van der Waals surface area contributed by atoms with E-state index in [1.807, 2.05) is 48.2 Å². The number of aryl methyl sites for hydroxylation is 1. The molecule has 26 heavy (non-hydrogen) atoms. The molecule has 2 aromatic carbocycles. The second-order valence-corrected chi connectivity index (χ2v) is 7.22. The van der Waals surface area contributed by atoms with E-state index in [1.54, 1.807) is 0 Å². The van der Waals surface area contributed by atoms with Crippen LogP contribution in [0.3, 0.4) is 0 Å². The van der Waals surface area contributed by atoms with E-state index < -0.39 is 0 Å². The number of anilines is 2. The molecule has 2 aliphatic rings. The first-order chi connectivity index (χ1) is 12.6. The molecule has 0 radical (unpaired) electrons. The average Bonchev–Trinajstić information content (AvgIpc) is 3.45. The SMILES string of the molecule is Cc1cccc(NC(=O)Nc2ccc3c(c2)CN(C(=O)C2CC2)CC3)c1. The van der Waals surface area contributed by atoms with Crippen LogP contribution in [-0.2, 0) is 17.8 Å². The van der Waals surface area contributed by atoms with E-state index in [2.05, 4.69) is 16.7 Å². The molecule has 134 valence electrons. The first-order valence-electron chi connectivity index (χ1n) is 9.14. The van der Waals surface area contributed by atoms with Crippen LogP contribution < -0.4 is 10.6 Å². The summed E-state index contributed by atoms with van der Waals surface area (Å²) in [6.45, 7) is 3.42. The number of amides is 3. The predicted octanol–water partition coefficient (Wildman–Crippen LogP) is 3.93. The normalized spacial score (nSPS) is 16.0. The van der Waals surface area contributed by atoms with Crippen LogP contribution in [0.5, 0.6) is 0 Å². The van der Waals surface area contributed by atoms with Crippen molar-refractivity contribution >= 4 is 23.3 Å². The summed E-state index contributed by atoms with van der Waals surface area (Å²) in [5, 5.41) is 5.73. The Labute approximate surface area is 153 Å². The maximum atomic E-state index is 12.3. The van der Waals surface area contributed by atoms with Crippen molar-refractivity contribution in [1.29, 1.82) is 0 Å². The molecule has 0 bridgehead atoms. The first kappa shape index (κ1) is 16.6. The molecule has 0 aromatic heterocycles. The Hall–Kier alpha value is -2.82. The molecule has 5 nitrogen and oxygen atoms in total. The van der Waals surface area contributed by atoms with Gasteiger partial charge in [-0.1, -0.05) is 18.2 Å². The Bertz CT molecular complexity index is 858. The number of carbonyl (C=O) groups is 2. The van der Waals surface area contributed by atoms with Gasteiger partial charge in [-0.15, -0.1) is 0 Å². The molecular formula is C21H23N3O2. The number of hydrogen-bond donors (Lipinski definition) is 2.